The Labute approximate surface area is 121 Å². The maximum atomic E-state index is 2.97. The summed E-state index contributed by atoms with van der Waals surface area (Å²) in [4.78, 5) is 0. The molecule has 0 radical (unpaired) electrons. The van der Waals surface area contributed by atoms with E-state index in [1.54, 1.807) is 13.3 Å². The second kappa shape index (κ2) is 11.6. The van der Waals surface area contributed by atoms with Crippen molar-refractivity contribution >= 4 is 18.7 Å². The van der Waals surface area contributed by atoms with Crippen molar-refractivity contribution in [1.82, 2.24) is 3.12 Å². The van der Waals surface area contributed by atoms with Crippen LogP contribution in [-0.2, 0) is 0 Å². The summed E-state index contributed by atoms with van der Waals surface area (Å²) in [6.45, 7) is 14.5. The fourth-order valence-electron chi connectivity index (χ4n) is 3.26. The van der Waals surface area contributed by atoms with Gasteiger partial charge in [-0.15, -0.1) is 0 Å². The normalized spacial score (nSPS) is 12.3. The molecule has 0 rings (SSSR count). The molecular formula is C16H37NSn. The van der Waals surface area contributed by atoms with Gasteiger partial charge in [-0.05, 0) is 0 Å². The van der Waals surface area contributed by atoms with Crippen molar-refractivity contribution in [3.63, 3.8) is 0 Å². The van der Waals surface area contributed by atoms with Gasteiger partial charge in [0.15, 0.2) is 0 Å². The van der Waals surface area contributed by atoms with Gasteiger partial charge in [0.05, 0.1) is 0 Å². The molecule has 0 fully saturated rings. The van der Waals surface area contributed by atoms with Gasteiger partial charge in [0.25, 0.3) is 0 Å². The van der Waals surface area contributed by atoms with Crippen molar-refractivity contribution in [2.24, 2.45) is 0 Å². The van der Waals surface area contributed by atoms with Gasteiger partial charge < -0.3 is 0 Å². The van der Waals surface area contributed by atoms with E-state index < -0.39 is 18.7 Å². The van der Waals surface area contributed by atoms with Crippen molar-refractivity contribution in [3.8, 4) is 0 Å². The van der Waals surface area contributed by atoms with E-state index in [2.05, 4.69) is 37.7 Å². The van der Waals surface area contributed by atoms with Gasteiger partial charge in [0.2, 0.25) is 0 Å². The van der Waals surface area contributed by atoms with Gasteiger partial charge in [-0.2, -0.15) is 0 Å². The van der Waals surface area contributed by atoms with E-state index in [0.717, 1.165) is 0 Å². The average Bonchev–Trinajstić information content (AvgIpc) is 2.41. The predicted molar refractivity (Wildman–Crippen MR) is 87.8 cm³/mol. The van der Waals surface area contributed by atoms with Gasteiger partial charge in [-0.25, -0.2) is 0 Å². The monoisotopic (exact) mass is 363 g/mol. The maximum absolute atomic E-state index is 2.97. The van der Waals surface area contributed by atoms with Gasteiger partial charge >= 0.3 is 121 Å². The first-order valence-electron chi connectivity index (χ1n) is 8.45. The first kappa shape index (κ1) is 18.8. The minimum absolute atomic E-state index is 1.31. The van der Waals surface area contributed by atoms with Crippen LogP contribution in [0, 0.1) is 0 Å². The van der Waals surface area contributed by atoms with Gasteiger partial charge in [0, 0.05) is 0 Å². The van der Waals surface area contributed by atoms with Crippen molar-refractivity contribution in [3.05, 3.63) is 0 Å². The van der Waals surface area contributed by atoms with E-state index >= 15 is 0 Å². The summed E-state index contributed by atoms with van der Waals surface area (Å²) in [5, 5.41) is 0. The zero-order valence-electron chi connectivity index (χ0n) is 13.7. The molecule has 0 bridgehead atoms. The summed E-state index contributed by atoms with van der Waals surface area (Å²) < 4.78 is 7.82. The topological polar surface area (TPSA) is 3.24 Å². The number of hydrogen-bond acceptors (Lipinski definition) is 1. The SMILES string of the molecule is CCC[CH2][Sn]([CH2]CCC)([CH2]CCC)[N](CC)CC. The molecule has 18 heavy (non-hydrogen) atoms. The Bertz CT molecular complexity index is 156. The Morgan fingerprint density at radius 3 is 1.17 bits per heavy atom. The molecule has 0 aliphatic rings. The molecule has 0 saturated heterocycles. The Morgan fingerprint density at radius 2 is 0.944 bits per heavy atom. The predicted octanol–water partition coefficient (Wildman–Crippen LogP) is 5.67. The third-order valence-electron chi connectivity index (χ3n) is 4.42. The third-order valence-corrected chi connectivity index (χ3v) is 21.1. The van der Waals surface area contributed by atoms with Crippen LogP contribution in [-0.4, -0.2) is 34.9 Å². The van der Waals surface area contributed by atoms with Crippen molar-refractivity contribution in [1.29, 1.82) is 0 Å². The number of unbranched alkanes of at least 4 members (excludes halogenated alkanes) is 3. The Kier molecular flexibility index (Phi) is 12.1. The fourth-order valence-corrected chi connectivity index (χ4v) is 20.6. The molecule has 110 valence electrons. The molecule has 1 nitrogen and oxygen atoms in total. The number of hydrogen-bond donors (Lipinski definition) is 0. The summed E-state index contributed by atoms with van der Waals surface area (Å²) in [7, 11) is 0. The molecule has 0 heterocycles. The first-order chi connectivity index (χ1) is 8.70. The Balaban J connectivity index is 4.82. The standard InChI is InChI=1S/C4H10N.3C4H9.Sn/c1-3-5-4-2;3*1-3-4-2;/h3-4H2,1-2H3;3*1,3-4H2,2H3;/q-1;;;;+1. The molecule has 0 aromatic rings. The summed E-state index contributed by atoms with van der Waals surface area (Å²) in [6, 6.07) is 0. The molecule has 0 unspecified atom stereocenters. The van der Waals surface area contributed by atoms with Crippen LogP contribution in [0.1, 0.15) is 73.1 Å². The second-order valence-electron chi connectivity index (χ2n) is 5.71. The zero-order chi connectivity index (χ0) is 13.9. The first-order valence-corrected chi connectivity index (χ1v) is 15.8. The van der Waals surface area contributed by atoms with Gasteiger partial charge in [-0.1, -0.05) is 0 Å². The molecule has 0 saturated carbocycles. The molecule has 0 amide bonds. The average molecular weight is 362 g/mol. The molecule has 0 aromatic carbocycles. The molecule has 0 aliphatic carbocycles. The quantitative estimate of drug-likeness (QED) is 0.404. The van der Waals surface area contributed by atoms with Crippen LogP contribution in [0.25, 0.3) is 0 Å². The minimum atomic E-state index is -2.00. The Hall–Kier alpha value is 0.759. The van der Waals surface area contributed by atoms with E-state index in [0.29, 0.717) is 0 Å². The zero-order valence-corrected chi connectivity index (χ0v) is 16.6. The van der Waals surface area contributed by atoms with Crippen molar-refractivity contribution in [2.45, 2.75) is 86.5 Å². The molecule has 2 heteroatoms. The van der Waals surface area contributed by atoms with E-state index in [4.69, 9.17) is 0 Å². The molecule has 0 N–H and O–H groups in total. The second-order valence-corrected chi connectivity index (χ2v) is 18.8. The van der Waals surface area contributed by atoms with E-state index in [1.165, 1.54) is 51.6 Å². The Morgan fingerprint density at radius 1 is 0.611 bits per heavy atom. The van der Waals surface area contributed by atoms with E-state index in [1.807, 2.05) is 0 Å². The van der Waals surface area contributed by atoms with E-state index in [9.17, 15) is 0 Å². The fraction of sp³-hybridized carbons (Fsp3) is 1.00. The van der Waals surface area contributed by atoms with Crippen molar-refractivity contribution < 1.29 is 0 Å². The number of nitrogens with zero attached hydrogens (tertiary/aromatic N) is 1. The van der Waals surface area contributed by atoms with Crippen LogP contribution in [0.15, 0.2) is 0 Å². The van der Waals surface area contributed by atoms with E-state index in [-0.39, 0.29) is 0 Å². The van der Waals surface area contributed by atoms with Crippen molar-refractivity contribution in [2.75, 3.05) is 13.1 Å². The summed E-state index contributed by atoms with van der Waals surface area (Å²) in [5.74, 6) is 0. The summed E-state index contributed by atoms with van der Waals surface area (Å²) >= 11 is -2.00. The summed E-state index contributed by atoms with van der Waals surface area (Å²) in [5.41, 5.74) is 0. The molecular weight excluding hydrogens is 325 g/mol. The van der Waals surface area contributed by atoms with Crippen LogP contribution in [0.5, 0.6) is 0 Å². The molecule has 0 aliphatic heterocycles. The van der Waals surface area contributed by atoms with Crippen LogP contribution in [0.2, 0.25) is 13.3 Å². The molecule has 0 atom stereocenters. The molecule has 0 aromatic heterocycles. The van der Waals surface area contributed by atoms with Crippen LogP contribution in [0.4, 0.5) is 0 Å². The van der Waals surface area contributed by atoms with Gasteiger partial charge in [0.1, 0.15) is 0 Å². The summed E-state index contributed by atoms with van der Waals surface area (Å²) in [6.07, 6.45) is 8.62. The number of rotatable bonds is 12. The van der Waals surface area contributed by atoms with Gasteiger partial charge in [-0.3, -0.25) is 0 Å². The van der Waals surface area contributed by atoms with Crippen LogP contribution >= 0.6 is 0 Å². The molecule has 0 spiro atoms. The third kappa shape index (κ3) is 6.27. The van der Waals surface area contributed by atoms with Crippen LogP contribution in [0.3, 0.4) is 0 Å². The van der Waals surface area contributed by atoms with Crippen LogP contribution < -0.4 is 0 Å².